The first-order valence-electron chi connectivity index (χ1n) is 19.8. The second-order valence-corrected chi connectivity index (χ2v) is 14.9. The highest BCUT2D eigenvalue weighted by molar-refractivity contribution is 6.17. The molecular weight excluding hydrogens is 707 g/mol. The van der Waals surface area contributed by atoms with Gasteiger partial charge in [-0.1, -0.05) is 133 Å². The second kappa shape index (κ2) is 12.9. The van der Waals surface area contributed by atoms with Crippen LogP contribution < -0.4 is 4.90 Å². The number of nitrogens with zero attached hydrogens (tertiary/aromatic N) is 3. The summed E-state index contributed by atoms with van der Waals surface area (Å²) in [4.78, 5) is 2.43. The lowest BCUT2D eigenvalue weighted by Gasteiger charge is -2.27. The molecule has 0 atom stereocenters. The van der Waals surface area contributed by atoms with Crippen molar-refractivity contribution in [2.24, 2.45) is 0 Å². The molecule has 3 heterocycles. The predicted molar refractivity (Wildman–Crippen MR) is 243 cm³/mol. The van der Waals surface area contributed by atoms with Crippen LogP contribution in [0.5, 0.6) is 0 Å². The van der Waals surface area contributed by atoms with E-state index in [4.69, 9.17) is 4.42 Å². The Morgan fingerprint density at radius 2 is 0.914 bits per heavy atom. The summed E-state index contributed by atoms with van der Waals surface area (Å²) in [6.07, 6.45) is 0. The smallest absolute Gasteiger partial charge is 0.143 e. The number of aromatic nitrogens is 2. The Bertz CT molecular complexity index is 3500. The third kappa shape index (κ3) is 4.88. The lowest BCUT2D eigenvalue weighted by Crippen LogP contribution is -2.10. The van der Waals surface area contributed by atoms with E-state index < -0.39 is 0 Å². The van der Waals surface area contributed by atoms with Gasteiger partial charge in [-0.25, -0.2) is 0 Å². The molecule has 9 aromatic carbocycles. The summed E-state index contributed by atoms with van der Waals surface area (Å²) >= 11 is 0. The maximum atomic E-state index is 6.48. The van der Waals surface area contributed by atoms with E-state index in [2.05, 4.69) is 214 Å². The Morgan fingerprint density at radius 3 is 1.67 bits per heavy atom. The highest BCUT2D eigenvalue weighted by atomic mass is 16.3. The third-order valence-corrected chi connectivity index (χ3v) is 11.7. The van der Waals surface area contributed by atoms with Gasteiger partial charge in [0.05, 0.1) is 27.8 Å². The summed E-state index contributed by atoms with van der Waals surface area (Å²) in [7, 11) is 0. The maximum absolute atomic E-state index is 6.48. The van der Waals surface area contributed by atoms with Crippen LogP contribution in [0.25, 0.3) is 88.1 Å². The predicted octanol–water partition coefficient (Wildman–Crippen LogP) is 14.9. The average molecular weight is 742 g/mol. The molecule has 12 aromatic rings. The highest BCUT2D eigenvalue weighted by Gasteiger charge is 2.23. The van der Waals surface area contributed by atoms with Crippen LogP contribution >= 0.6 is 0 Å². The van der Waals surface area contributed by atoms with Crippen molar-refractivity contribution in [3.8, 4) is 22.5 Å². The molecule has 4 heteroatoms. The molecule has 12 rings (SSSR count). The molecule has 0 amide bonds. The molecule has 0 saturated heterocycles. The van der Waals surface area contributed by atoms with Gasteiger partial charge in [-0.15, -0.1) is 0 Å². The van der Waals surface area contributed by atoms with Gasteiger partial charge >= 0.3 is 0 Å². The van der Waals surface area contributed by atoms with Crippen molar-refractivity contribution in [1.82, 2.24) is 9.13 Å². The normalized spacial score (nSPS) is 11.8. The van der Waals surface area contributed by atoms with Gasteiger partial charge in [-0.2, -0.15) is 0 Å². The molecule has 4 nitrogen and oxygen atoms in total. The van der Waals surface area contributed by atoms with Crippen molar-refractivity contribution in [1.29, 1.82) is 0 Å². The van der Waals surface area contributed by atoms with Crippen LogP contribution in [0.2, 0.25) is 0 Å². The number of hydrogen-bond donors (Lipinski definition) is 0. The standard InChI is InChI=1S/C54H35N3O/c1-3-15-37(16-4-1)56-48-25-11-8-21-46(48)53-49(26-14-27-50(53)56)55(39-31-29-36(30-32-39)41-22-13-23-45-44-20-9-12-28-52(44)58-54(41)45)40-33-34-43-42-19-7-10-24-47(42)57(51(43)35-40)38-17-5-2-6-18-38/h1-35H. The number of fused-ring (bicyclic) bond motifs is 9. The second-order valence-electron chi connectivity index (χ2n) is 14.9. The molecule has 0 unspecified atom stereocenters. The number of hydrogen-bond acceptors (Lipinski definition) is 2. The molecule has 0 radical (unpaired) electrons. The Morgan fingerprint density at radius 1 is 0.362 bits per heavy atom. The lowest BCUT2D eigenvalue weighted by molar-refractivity contribution is 0.670. The van der Waals surface area contributed by atoms with Crippen molar-refractivity contribution >= 4 is 82.6 Å². The quantitative estimate of drug-likeness (QED) is 0.170. The van der Waals surface area contributed by atoms with Crippen LogP contribution in [0, 0.1) is 0 Å². The van der Waals surface area contributed by atoms with Crippen molar-refractivity contribution in [2.75, 3.05) is 4.90 Å². The number of anilines is 3. The average Bonchev–Trinajstić information content (AvgIpc) is 3.95. The minimum absolute atomic E-state index is 0.902. The largest absolute Gasteiger partial charge is 0.455 e. The van der Waals surface area contributed by atoms with Gasteiger partial charge in [0.15, 0.2) is 0 Å². The van der Waals surface area contributed by atoms with Gasteiger partial charge < -0.3 is 18.5 Å². The van der Waals surface area contributed by atoms with Gasteiger partial charge in [0.1, 0.15) is 11.2 Å². The van der Waals surface area contributed by atoms with Crippen LogP contribution in [-0.4, -0.2) is 9.13 Å². The van der Waals surface area contributed by atoms with Gasteiger partial charge in [0.25, 0.3) is 0 Å². The van der Waals surface area contributed by atoms with Gasteiger partial charge in [0, 0.05) is 60.6 Å². The first-order valence-corrected chi connectivity index (χ1v) is 19.8. The summed E-state index contributed by atoms with van der Waals surface area (Å²) in [5, 5.41) is 7.11. The van der Waals surface area contributed by atoms with Crippen LogP contribution in [0.1, 0.15) is 0 Å². The molecule has 0 fully saturated rings. The minimum Gasteiger partial charge on any atom is -0.455 e. The van der Waals surface area contributed by atoms with E-state index in [-0.39, 0.29) is 0 Å². The summed E-state index contributed by atoms with van der Waals surface area (Å²) in [5.41, 5.74) is 14.2. The molecule has 0 saturated carbocycles. The van der Waals surface area contributed by atoms with Crippen molar-refractivity contribution < 1.29 is 4.42 Å². The van der Waals surface area contributed by atoms with Crippen LogP contribution in [0.15, 0.2) is 217 Å². The first kappa shape index (κ1) is 32.4. The molecule has 0 aliphatic rings. The van der Waals surface area contributed by atoms with E-state index in [1.54, 1.807) is 0 Å². The lowest BCUT2D eigenvalue weighted by atomic mass is 10.0. The maximum Gasteiger partial charge on any atom is 0.143 e. The van der Waals surface area contributed by atoms with Gasteiger partial charge in [0.2, 0.25) is 0 Å². The topological polar surface area (TPSA) is 26.2 Å². The fraction of sp³-hybridized carbons (Fsp3) is 0. The molecule has 0 N–H and O–H groups in total. The Labute approximate surface area is 334 Å². The van der Waals surface area contributed by atoms with Crippen LogP contribution in [0.3, 0.4) is 0 Å². The molecule has 0 aliphatic carbocycles. The zero-order valence-corrected chi connectivity index (χ0v) is 31.5. The number of furan rings is 1. The molecule has 0 spiro atoms. The Hall–Kier alpha value is -7.82. The molecular formula is C54H35N3O. The monoisotopic (exact) mass is 741 g/mol. The highest BCUT2D eigenvalue weighted by Crippen LogP contribution is 2.46. The first-order chi connectivity index (χ1) is 28.8. The van der Waals surface area contributed by atoms with E-state index in [0.717, 1.165) is 72.5 Å². The van der Waals surface area contributed by atoms with E-state index in [9.17, 15) is 0 Å². The molecule has 0 aliphatic heterocycles. The van der Waals surface area contributed by atoms with Crippen LogP contribution in [-0.2, 0) is 0 Å². The summed E-state index contributed by atoms with van der Waals surface area (Å²) in [6.45, 7) is 0. The number of rotatable bonds is 6. The SMILES string of the molecule is c1ccc(-n2c3ccccc3c3ccc(N(c4ccc(-c5cccc6c5oc5ccccc56)cc4)c4cccc5c4c4ccccc4n5-c4ccccc4)cc32)cc1. The van der Waals surface area contributed by atoms with Crippen molar-refractivity contribution in [3.05, 3.63) is 212 Å². The Balaban J connectivity index is 1.12. The van der Waals surface area contributed by atoms with Crippen molar-refractivity contribution in [2.45, 2.75) is 0 Å². The molecule has 3 aromatic heterocycles. The van der Waals surface area contributed by atoms with E-state index >= 15 is 0 Å². The van der Waals surface area contributed by atoms with E-state index in [1.807, 2.05) is 12.1 Å². The summed E-state index contributed by atoms with van der Waals surface area (Å²) in [5.74, 6) is 0. The van der Waals surface area contributed by atoms with Crippen LogP contribution in [0.4, 0.5) is 17.1 Å². The summed E-state index contributed by atoms with van der Waals surface area (Å²) in [6, 6.07) is 76.2. The number of benzene rings is 9. The zero-order chi connectivity index (χ0) is 38.2. The van der Waals surface area contributed by atoms with E-state index in [0.29, 0.717) is 0 Å². The Kier molecular flexibility index (Phi) is 7.20. The van der Waals surface area contributed by atoms with E-state index in [1.165, 1.54) is 32.6 Å². The number of para-hydroxylation sites is 6. The molecule has 272 valence electrons. The van der Waals surface area contributed by atoms with Gasteiger partial charge in [-0.3, -0.25) is 0 Å². The minimum atomic E-state index is 0.902. The fourth-order valence-corrected chi connectivity index (χ4v) is 9.19. The van der Waals surface area contributed by atoms with Gasteiger partial charge in [-0.05, 0) is 84.4 Å². The fourth-order valence-electron chi connectivity index (χ4n) is 9.19. The molecule has 0 bridgehead atoms. The zero-order valence-electron chi connectivity index (χ0n) is 31.5. The third-order valence-electron chi connectivity index (χ3n) is 11.7. The van der Waals surface area contributed by atoms with Crippen molar-refractivity contribution in [3.63, 3.8) is 0 Å². The summed E-state index contributed by atoms with van der Waals surface area (Å²) < 4.78 is 11.3. The molecule has 58 heavy (non-hydrogen) atoms.